The van der Waals surface area contributed by atoms with Gasteiger partial charge in [-0.1, -0.05) is 17.7 Å². The van der Waals surface area contributed by atoms with Gasteiger partial charge in [-0.05, 0) is 69.7 Å². The molecule has 1 N–H and O–H groups in total. The van der Waals surface area contributed by atoms with Gasteiger partial charge in [0.25, 0.3) is 5.91 Å². The Hall–Kier alpha value is -4.20. The van der Waals surface area contributed by atoms with Gasteiger partial charge in [0.05, 0.1) is 23.6 Å². The highest BCUT2D eigenvalue weighted by Gasteiger charge is 2.16. The molecule has 2 heterocycles. The summed E-state index contributed by atoms with van der Waals surface area (Å²) in [5.41, 5.74) is 5.54. The van der Waals surface area contributed by atoms with E-state index in [1.165, 1.54) is 0 Å². The molecule has 0 fully saturated rings. The molecular weight excluding hydrogens is 432 g/mol. The van der Waals surface area contributed by atoms with E-state index in [2.05, 4.69) is 15.4 Å². The van der Waals surface area contributed by atoms with Gasteiger partial charge in [-0.3, -0.25) is 4.79 Å². The molecule has 174 valence electrons. The number of nitrogens with one attached hydrogen (secondary N) is 1. The normalized spacial score (nSPS) is 10.8. The van der Waals surface area contributed by atoms with E-state index in [9.17, 15) is 9.59 Å². The second-order valence-electron chi connectivity index (χ2n) is 7.94. The lowest BCUT2D eigenvalue weighted by Crippen LogP contribution is -2.20. The SMILES string of the molecule is CCOC(=O)c1ccc(NC(=O)COc2cc(C)c3c(C)nn(-c4ccc(C)cc4)c3n2)cc1. The number of carbonyl (C=O) groups is 2. The summed E-state index contributed by atoms with van der Waals surface area (Å²) >= 11 is 0. The zero-order valence-corrected chi connectivity index (χ0v) is 19.6. The number of anilines is 1. The van der Waals surface area contributed by atoms with Crippen molar-refractivity contribution in [2.75, 3.05) is 18.5 Å². The summed E-state index contributed by atoms with van der Waals surface area (Å²) < 4.78 is 12.5. The third-order valence-corrected chi connectivity index (χ3v) is 5.30. The maximum Gasteiger partial charge on any atom is 0.338 e. The largest absolute Gasteiger partial charge is 0.467 e. The van der Waals surface area contributed by atoms with Crippen molar-refractivity contribution in [1.29, 1.82) is 0 Å². The van der Waals surface area contributed by atoms with Crippen molar-refractivity contribution in [1.82, 2.24) is 14.8 Å². The zero-order chi connectivity index (χ0) is 24.2. The summed E-state index contributed by atoms with van der Waals surface area (Å²) in [4.78, 5) is 28.8. The van der Waals surface area contributed by atoms with Crippen LogP contribution < -0.4 is 10.1 Å². The van der Waals surface area contributed by atoms with Crippen molar-refractivity contribution in [2.45, 2.75) is 27.7 Å². The van der Waals surface area contributed by atoms with Gasteiger partial charge in [-0.25, -0.2) is 9.48 Å². The summed E-state index contributed by atoms with van der Waals surface area (Å²) in [5.74, 6) is -0.404. The third-order valence-electron chi connectivity index (χ3n) is 5.30. The van der Waals surface area contributed by atoms with Crippen LogP contribution in [0.4, 0.5) is 5.69 Å². The first-order valence-electron chi connectivity index (χ1n) is 11.0. The lowest BCUT2D eigenvalue weighted by Gasteiger charge is -2.09. The molecule has 0 atom stereocenters. The van der Waals surface area contributed by atoms with Crippen LogP contribution in [0.3, 0.4) is 0 Å². The van der Waals surface area contributed by atoms with Crippen molar-refractivity contribution >= 4 is 28.6 Å². The Morgan fingerprint density at radius 1 is 1.00 bits per heavy atom. The maximum absolute atomic E-state index is 12.4. The van der Waals surface area contributed by atoms with Crippen LogP contribution in [0, 0.1) is 20.8 Å². The molecule has 4 rings (SSSR count). The summed E-state index contributed by atoms with van der Waals surface area (Å²) in [6.07, 6.45) is 0. The fourth-order valence-corrected chi connectivity index (χ4v) is 3.65. The number of benzene rings is 2. The Balaban J connectivity index is 1.48. The molecule has 2 aromatic heterocycles. The number of amides is 1. The predicted molar refractivity (Wildman–Crippen MR) is 130 cm³/mol. The minimum atomic E-state index is -0.402. The van der Waals surface area contributed by atoms with E-state index in [0.29, 0.717) is 29.4 Å². The first-order valence-corrected chi connectivity index (χ1v) is 11.0. The highest BCUT2D eigenvalue weighted by molar-refractivity contribution is 5.93. The molecule has 0 aliphatic heterocycles. The average Bonchev–Trinajstić information content (AvgIpc) is 3.15. The van der Waals surface area contributed by atoms with Gasteiger partial charge < -0.3 is 14.8 Å². The third kappa shape index (κ3) is 4.91. The molecule has 0 radical (unpaired) electrons. The zero-order valence-electron chi connectivity index (χ0n) is 19.6. The minimum Gasteiger partial charge on any atom is -0.467 e. The van der Waals surface area contributed by atoms with Gasteiger partial charge >= 0.3 is 5.97 Å². The number of rotatable bonds is 7. The number of hydrogen-bond donors (Lipinski definition) is 1. The lowest BCUT2D eigenvalue weighted by molar-refractivity contribution is -0.118. The van der Waals surface area contributed by atoms with Crippen molar-refractivity contribution < 1.29 is 19.1 Å². The number of carbonyl (C=O) groups excluding carboxylic acids is 2. The molecular formula is C26H26N4O4. The first kappa shape index (κ1) is 23.0. The van der Waals surface area contributed by atoms with Crippen LogP contribution in [-0.4, -0.2) is 39.9 Å². The number of esters is 1. The van der Waals surface area contributed by atoms with Crippen LogP contribution in [0.15, 0.2) is 54.6 Å². The van der Waals surface area contributed by atoms with E-state index in [1.54, 1.807) is 41.9 Å². The molecule has 1 amide bonds. The van der Waals surface area contributed by atoms with Crippen molar-refractivity contribution in [3.05, 3.63) is 77.0 Å². The van der Waals surface area contributed by atoms with Gasteiger partial charge in [-0.15, -0.1) is 0 Å². The van der Waals surface area contributed by atoms with Crippen LogP contribution in [0.5, 0.6) is 5.88 Å². The number of ether oxygens (including phenoxy) is 2. The molecule has 8 heteroatoms. The molecule has 2 aromatic carbocycles. The Kier molecular flexibility index (Phi) is 6.58. The second kappa shape index (κ2) is 9.74. The molecule has 0 saturated heterocycles. The van der Waals surface area contributed by atoms with Gasteiger partial charge in [0.1, 0.15) is 0 Å². The molecule has 0 aliphatic carbocycles. The van der Waals surface area contributed by atoms with Crippen LogP contribution in [-0.2, 0) is 9.53 Å². The van der Waals surface area contributed by atoms with Gasteiger partial charge in [-0.2, -0.15) is 10.1 Å². The van der Waals surface area contributed by atoms with Crippen molar-refractivity contribution in [2.24, 2.45) is 0 Å². The van der Waals surface area contributed by atoms with Crippen LogP contribution in [0.25, 0.3) is 16.7 Å². The van der Waals surface area contributed by atoms with Crippen molar-refractivity contribution in [3.8, 4) is 11.6 Å². The Bertz CT molecular complexity index is 1340. The predicted octanol–water partition coefficient (Wildman–Crippen LogP) is 4.54. The highest BCUT2D eigenvalue weighted by atomic mass is 16.5. The summed E-state index contributed by atoms with van der Waals surface area (Å²) in [6, 6.07) is 16.3. The average molecular weight is 459 g/mol. The second-order valence-corrected chi connectivity index (χ2v) is 7.94. The number of pyridine rings is 1. The number of hydrogen-bond acceptors (Lipinski definition) is 6. The quantitative estimate of drug-likeness (QED) is 0.409. The van der Waals surface area contributed by atoms with E-state index < -0.39 is 5.97 Å². The smallest absolute Gasteiger partial charge is 0.338 e. The number of nitrogens with zero attached hydrogens (tertiary/aromatic N) is 3. The summed E-state index contributed by atoms with van der Waals surface area (Å²) in [7, 11) is 0. The monoisotopic (exact) mass is 458 g/mol. The minimum absolute atomic E-state index is 0.213. The van der Waals surface area contributed by atoms with Gasteiger partial charge in [0, 0.05) is 17.1 Å². The molecule has 0 bridgehead atoms. The topological polar surface area (TPSA) is 95.3 Å². The van der Waals surface area contributed by atoms with Crippen LogP contribution in [0.2, 0.25) is 0 Å². The summed E-state index contributed by atoms with van der Waals surface area (Å²) in [5, 5.41) is 8.36. The van der Waals surface area contributed by atoms with E-state index in [4.69, 9.17) is 9.47 Å². The fraction of sp³-hybridized carbons (Fsp3) is 0.231. The van der Waals surface area contributed by atoms with Crippen molar-refractivity contribution in [3.63, 3.8) is 0 Å². The van der Waals surface area contributed by atoms with Gasteiger partial charge in [0.2, 0.25) is 5.88 Å². The standard InChI is InChI=1S/C26H26N4O4/c1-5-33-26(32)19-8-10-20(11-9-19)27-22(31)15-34-23-14-17(3)24-18(4)29-30(25(24)28-23)21-12-6-16(2)7-13-21/h6-14H,5,15H2,1-4H3,(H,27,31). The lowest BCUT2D eigenvalue weighted by atomic mass is 10.1. The Labute approximate surface area is 197 Å². The molecule has 0 spiro atoms. The van der Waals surface area contributed by atoms with E-state index in [0.717, 1.165) is 27.9 Å². The molecule has 4 aromatic rings. The molecule has 0 aliphatic rings. The Morgan fingerprint density at radius 3 is 2.38 bits per heavy atom. The number of aryl methyl sites for hydroxylation is 3. The van der Waals surface area contributed by atoms with E-state index in [-0.39, 0.29) is 12.5 Å². The number of fused-ring (bicyclic) bond motifs is 1. The number of aromatic nitrogens is 3. The maximum atomic E-state index is 12.4. The van der Waals surface area contributed by atoms with E-state index in [1.807, 2.05) is 45.0 Å². The molecule has 34 heavy (non-hydrogen) atoms. The fourth-order valence-electron chi connectivity index (χ4n) is 3.65. The van der Waals surface area contributed by atoms with E-state index >= 15 is 0 Å². The van der Waals surface area contributed by atoms with Gasteiger partial charge in [0.15, 0.2) is 12.3 Å². The highest BCUT2D eigenvalue weighted by Crippen LogP contribution is 2.26. The molecule has 0 saturated carbocycles. The van der Waals surface area contributed by atoms with Crippen LogP contribution in [0.1, 0.15) is 34.1 Å². The molecule has 8 nitrogen and oxygen atoms in total. The Morgan fingerprint density at radius 2 is 1.71 bits per heavy atom. The van der Waals surface area contributed by atoms with Crippen LogP contribution >= 0.6 is 0 Å². The summed E-state index contributed by atoms with van der Waals surface area (Å²) in [6.45, 7) is 7.79. The first-order chi connectivity index (χ1) is 16.4. The molecule has 0 unspecified atom stereocenters.